The third kappa shape index (κ3) is 4.53. The number of anilines is 2. The first kappa shape index (κ1) is 21.3. The summed E-state index contributed by atoms with van der Waals surface area (Å²) in [6.45, 7) is 0.424. The van der Waals surface area contributed by atoms with Crippen molar-refractivity contribution in [3.63, 3.8) is 0 Å². The number of rotatable bonds is 7. The molecule has 1 amide bonds. The van der Waals surface area contributed by atoms with Crippen molar-refractivity contribution >= 4 is 34.5 Å². The quantitative estimate of drug-likeness (QED) is 0.419. The lowest BCUT2D eigenvalue weighted by Gasteiger charge is -2.15. The van der Waals surface area contributed by atoms with E-state index in [2.05, 4.69) is 10.6 Å². The Morgan fingerprint density at radius 3 is 2.34 bits per heavy atom. The third-order valence-electron chi connectivity index (χ3n) is 5.31. The molecule has 0 aliphatic carbocycles. The number of benzene rings is 3. The van der Waals surface area contributed by atoms with Crippen LogP contribution in [0.5, 0.6) is 0 Å². The van der Waals surface area contributed by atoms with E-state index in [9.17, 15) is 14.0 Å². The first-order valence-electron chi connectivity index (χ1n) is 10.2. The lowest BCUT2D eigenvalue weighted by atomic mass is 9.98. The van der Waals surface area contributed by atoms with E-state index in [1.807, 2.05) is 48.5 Å². The molecule has 32 heavy (non-hydrogen) atoms. The van der Waals surface area contributed by atoms with Crippen LogP contribution in [0.15, 0.2) is 66.7 Å². The van der Waals surface area contributed by atoms with Gasteiger partial charge < -0.3 is 21.5 Å². The molecule has 162 valence electrons. The zero-order valence-corrected chi connectivity index (χ0v) is 17.2. The average Bonchev–Trinajstić information content (AvgIpc) is 3.11. The Morgan fingerprint density at radius 1 is 1.00 bits per heavy atom. The molecule has 6 nitrogen and oxygen atoms in total. The maximum absolute atomic E-state index is 13.7. The number of amides is 1. The minimum Gasteiger partial charge on any atom is -0.481 e. The number of carboxylic acids is 1. The van der Waals surface area contributed by atoms with Gasteiger partial charge in [-0.2, -0.15) is 0 Å². The van der Waals surface area contributed by atoms with Crippen molar-refractivity contribution < 1.29 is 19.1 Å². The number of halogens is 1. The zero-order valence-electron chi connectivity index (χ0n) is 17.2. The fraction of sp³-hybridized carbons (Fsp3) is 0.120. The van der Waals surface area contributed by atoms with E-state index in [0.717, 1.165) is 22.4 Å². The summed E-state index contributed by atoms with van der Waals surface area (Å²) in [5.41, 5.74) is 11.0. The standard InChI is InChI=1S/C25H22FN3O3/c26-18-8-11-20-21(13-18)29-25(32)23(20)24(28-19-9-3-16(14-27)4-10-19)17-6-1-15(2-7-17)5-12-22(30)31/h1-4,6-11,13,28H,5,12,14,27H2,(H,29,32)(H,30,31)/b24-23-. The number of fused-ring (bicyclic) bond motifs is 1. The van der Waals surface area contributed by atoms with Gasteiger partial charge in [0.2, 0.25) is 0 Å². The molecule has 3 aromatic rings. The molecule has 0 saturated heterocycles. The average molecular weight is 431 g/mol. The van der Waals surface area contributed by atoms with Gasteiger partial charge in [-0.25, -0.2) is 4.39 Å². The van der Waals surface area contributed by atoms with Gasteiger partial charge in [-0.1, -0.05) is 36.4 Å². The molecule has 0 bridgehead atoms. The van der Waals surface area contributed by atoms with Gasteiger partial charge in [-0.3, -0.25) is 9.59 Å². The first-order chi connectivity index (χ1) is 15.4. The molecule has 0 fully saturated rings. The van der Waals surface area contributed by atoms with E-state index in [1.54, 1.807) is 6.07 Å². The number of carbonyl (C=O) groups is 2. The molecule has 0 saturated carbocycles. The number of hydrogen-bond donors (Lipinski definition) is 4. The van der Waals surface area contributed by atoms with E-state index in [4.69, 9.17) is 10.8 Å². The summed E-state index contributed by atoms with van der Waals surface area (Å²) in [5, 5.41) is 15.0. The summed E-state index contributed by atoms with van der Waals surface area (Å²) in [5.74, 6) is -1.62. The van der Waals surface area contributed by atoms with E-state index < -0.39 is 11.8 Å². The van der Waals surface area contributed by atoms with Crippen molar-refractivity contribution in [2.75, 3.05) is 10.6 Å². The number of aliphatic carboxylic acids is 1. The van der Waals surface area contributed by atoms with Gasteiger partial charge in [0.15, 0.2) is 0 Å². The van der Waals surface area contributed by atoms with Gasteiger partial charge in [-0.15, -0.1) is 0 Å². The smallest absolute Gasteiger partial charge is 0.303 e. The SMILES string of the molecule is NCc1ccc(N/C(=C2\C(=O)Nc3cc(F)ccc32)c2ccc(CCC(=O)O)cc2)cc1. The molecule has 4 rings (SSSR count). The second-order valence-corrected chi connectivity index (χ2v) is 7.51. The number of nitrogens with one attached hydrogen (secondary N) is 2. The summed E-state index contributed by atoms with van der Waals surface area (Å²) in [6, 6.07) is 19.1. The van der Waals surface area contributed by atoms with Crippen molar-refractivity contribution in [3.05, 3.63) is 94.8 Å². The minimum atomic E-state index is -0.856. The topological polar surface area (TPSA) is 104 Å². The molecule has 0 spiro atoms. The first-order valence-corrected chi connectivity index (χ1v) is 10.2. The Labute approximate surface area is 184 Å². The van der Waals surface area contributed by atoms with Gasteiger partial charge in [0.1, 0.15) is 5.82 Å². The van der Waals surface area contributed by atoms with Crippen molar-refractivity contribution in [1.29, 1.82) is 0 Å². The van der Waals surface area contributed by atoms with Gasteiger partial charge in [-0.05, 0) is 53.4 Å². The Morgan fingerprint density at radius 2 is 1.69 bits per heavy atom. The lowest BCUT2D eigenvalue weighted by Crippen LogP contribution is -2.10. The maximum atomic E-state index is 13.7. The van der Waals surface area contributed by atoms with Crippen LogP contribution in [-0.4, -0.2) is 17.0 Å². The van der Waals surface area contributed by atoms with Crippen LogP contribution in [0.4, 0.5) is 15.8 Å². The molecule has 0 unspecified atom stereocenters. The van der Waals surface area contributed by atoms with Crippen LogP contribution in [0.3, 0.4) is 0 Å². The Kier molecular flexibility index (Phi) is 6.00. The molecular formula is C25H22FN3O3. The van der Waals surface area contributed by atoms with Crippen molar-refractivity contribution in [2.45, 2.75) is 19.4 Å². The summed E-state index contributed by atoms with van der Waals surface area (Å²) in [7, 11) is 0. The molecule has 0 aromatic heterocycles. The van der Waals surface area contributed by atoms with Crippen molar-refractivity contribution in [2.24, 2.45) is 5.73 Å². The molecule has 3 aromatic carbocycles. The molecule has 1 aliphatic heterocycles. The monoisotopic (exact) mass is 431 g/mol. The highest BCUT2D eigenvalue weighted by molar-refractivity contribution is 6.37. The fourth-order valence-electron chi connectivity index (χ4n) is 3.63. The van der Waals surface area contributed by atoms with Gasteiger partial charge in [0, 0.05) is 24.2 Å². The third-order valence-corrected chi connectivity index (χ3v) is 5.31. The molecule has 0 atom stereocenters. The summed E-state index contributed by atoms with van der Waals surface area (Å²) >= 11 is 0. The number of carboxylic acid groups (broad SMARTS) is 1. The largest absolute Gasteiger partial charge is 0.481 e. The van der Waals surface area contributed by atoms with Crippen LogP contribution in [0, 0.1) is 5.82 Å². The summed E-state index contributed by atoms with van der Waals surface area (Å²) in [4.78, 5) is 23.7. The zero-order chi connectivity index (χ0) is 22.7. The van der Waals surface area contributed by atoms with Gasteiger partial charge in [0.05, 0.1) is 17.0 Å². The number of nitrogens with two attached hydrogens (primary N) is 1. The number of carbonyl (C=O) groups excluding carboxylic acids is 1. The van der Waals surface area contributed by atoms with E-state index in [0.29, 0.717) is 35.5 Å². The van der Waals surface area contributed by atoms with Gasteiger partial charge >= 0.3 is 5.97 Å². The number of aryl methyl sites for hydroxylation is 1. The second-order valence-electron chi connectivity index (χ2n) is 7.51. The van der Waals surface area contributed by atoms with Crippen LogP contribution in [0.2, 0.25) is 0 Å². The van der Waals surface area contributed by atoms with Crippen LogP contribution < -0.4 is 16.4 Å². The van der Waals surface area contributed by atoms with E-state index in [-0.39, 0.29) is 12.3 Å². The fourth-order valence-corrected chi connectivity index (χ4v) is 3.63. The van der Waals surface area contributed by atoms with E-state index in [1.165, 1.54) is 12.1 Å². The number of hydrogen-bond acceptors (Lipinski definition) is 4. The highest BCUT2D eigenvalue weighted by Crippen LogP contribution is 2.38. The van der Waals surface area contributed by atoms with Crippen LogP contribution in [0.1, 0.15) is 28.7 Å². The second kappa shape index (κ2) is 9.03. The van der Waals surface area contributed by atoms with Crippen molar-refractivity contribution in [3.8, 4) is 0 Å². The predicted octanol–water partition coefficient (Wildman–Crippen LogP) is 4.23. The van der Waals surface area contributed by atoms with Crippen LogP contribution in [0.25, 0.3) is 11.3 Å². The predicted molar refractivity (Wildman–Crippen MR) is 122 cm³/mol. The maximum Gasteiger partial charge on any atom is 0.303 e. The van der Waals surface area contributed by atoms with Gasteiger partial charge in [0.25, 0.3) is 5.91 Å². The lowest BCUT2D eigenvalue weighted by molar-refractivity contribution is -0.137. The molecule has 1 heterocycles. The minimum absolute atomic E-state index is 0.0420. The summed E-state index contributed by atoms with van der Waals surface area (Å²) < 4.78 is 13.7. The molecule has 1 aliphatic rings. The Bertz CT molecular complexity index is 1200. The Hall–Kier alpha value is -3.97. The molecule has 0 radical (unpaired) electrons. The Balaban J connectivity index is 1.78. The van der Waals surface area contributed by atoms with E-state index >= 15 is 0 Å². The molecular weight excluding hydrogens is 409 g/mol. The van der Waals surface area contributed by atoms with Crippen LogP contribution >= 0.6 is 0 Å². The normalized spacial score (nSPS) is 14.0. The molecule has 5 N–H and O–H groups in total. The molecule has 7 heteroatoms. The van der Waals surface area contributed by atoms with Crippen molar-refractivity contribution in [1.82, 2.24) is 0 Å². The van der Waals surface area contributed by atoms with Crippen LogP contribution in [-0.2, 0) is 22.6 Å². The highest BCUT2D eigenvalue weighted by Gasteiger charge is 2.28. The summed E-state index contributed by atoms with van der Waals surface area (Å²) in [6.07, 6.45) is 0.457. The highest BCUT2D eigenvalue weighted by atomic mass is 19.1.